The Morgan fingerprint density at radius 3 is 2.55 bits per heavy atom. The second-order valence-corrected chi connectivity index (χ2v) is 6.15. The van der Waals surface area contributed by atoms with E-state index in [9.17, 15) is 4.79 Å². The van der Waals surface area contributed by atoms with Crippen LogP contribution < -0.4 is 10.2 Å². The molecule has 1 saturated heterocycles. The van der Waals surface area contributed by atoms with Crippen LogP contribution in [0.25, 0.3) is 0 Å². The minimum atomic E-state index is 0.0993. The summed E-state index contributed by atoms with van der Waals surface area (Å²) in [6, 6.07) is 10.5. The number of amides is 2. The molecule has 1 aliphatic carbocycles. The zero-order valence-corrected chi connectivity index (χ0v) is 13.1. The second-order valence-electron chi connectivity index (χ2n) is 6.15. The van der Waals surface area contributed by atoms with Crippen LogP contribution in [0, 0.1) is 5.92 Å². The third-order valence-corrected chi connectivity index (χ3v) is 4.61. The number of carbonyl (C=O) groups is 1. The average Bonchev–Trinajstić information content (AvgIpc) is 2.61. The lowest BCUT2D eigenvalue weighted by Crippen LogP contribution is -2.52. The first-order valence-corrected chi connectivity index (χ1v) is 8.31. The molecule has 0 radical (unpaired) electrons. The maximum atomic E-state index is 12.3. The van der Waals surface area contributed by atoms with Crippen molar-refractivity contribution in [3.8, 4) is 0 Å². The van der Waals surface area contributed by atoms with E-state index < -0.39 is 0 Å². The summed E-state index contributed by atoms with van der Waals surface area (Å²) >= 11 is 0. The summed E-state index contributed by atoms with van der Waals surface area (Å²) in [4.78, 5) is 16.5. The highest BCUT2D eigenvalue weighted by Crippen LogP contribution is 2.18. The summed E-state index contributed by atoms with van der Waals surface area (Å²) in [7, 11) is 0. The summed E-state index contributed by atoms with van der Waals surface area (Å²) in [5.41, 5.74) is 1.25. The number of piperazine rings is 1. The fraction of sp³-hybridized carbons (Fsp3) is 0.500. The maximum absolute atomic E-state index is 12.3. The Balaban J connectivity index is 1.42. The van der Waals surface area contributed by atoms with Gasteiger partial charge in [-0.25, -0.2) is 4.79 Å². The Labute approximate surface area is 132 Å². The van der Waals surface area contributed by atoms with Gasteiger partial charge in [0.25, 0.3) is 0 Å². The molecule has 2 amide bonds. The highest BCUT2D eigenvalue weighted by molar-refractivity contribution is 5.74. The van der Waals surface area contributed by atoms with Gasteiger partial charge in [0, 0.05) is 38.4 Å². The highest BCUT2D eigenvalue weighted by Gasteiger charge is 2.21. The molecule has 1 aromatic carbocycles. The van der Waals surface area contributed by atoms with Gasteiger partial charge in [0.1, 0.15) is 0 Å². The number of benzene rings is 1. The van der Waals surface area contributed by atoms with Crippen LogP contribution in [0.3, 0.4) is 0 Å². The Morgan fingerprint density at radius 1 is 1.09 bits per heavy atom. The lowest BCUT2D eigenvalue weighted by Gasteiger charge is -2.36. The fourth-order valence-corrected chi connectivity index (χ4v) is 3.19. The molecule has 0 bridgehead atoms. The molecule has 4 heteroatoms. The van der Waals surface area contributed by atoms with E-state index in [0.717, 1.165) is 45.6 Å². The van der Waals surface area contributed by atoms with Crippen molar-refractivity contribution in [2.24, 2.45) is 5.92 Å². The number of urea groups is 1. The van der Waals surface area contributed by atoms with Crippen LogP contribution in [-0.2, 0) is 0 Å². The molecule has 118 valence electrons. The Morgan fingerprint density at radius 2 is 1.86 bits per heavy atom. The van der Waals surface area contributed by atoms with Gasteiger partial charge < -0.3 is 15.1 Å². The van der Waals surface area contributed by atoms with Gasteiger partial charge in [-0.3, -0.25) is 0 Å². The minimum Gasteiger partial charge on any atom is -0.368 e. The van der Waals surface area contributed by atoms with Crippen molar-refractivity contribution in [3.63, 3.8) is 0 Å². The Kier molecular flexibility index (Phi) is 4.99. The topological polar surface area (TPSA) is 35.6 Å². The number of hydrogen-bond acceptors (Lipinski definition) is 2. The summed E-state index contributed by atoms with van der Waals surface area (Å²) in [5, 5.41) is 3.11. The van der Waals surface area contributed by atoms with Crippen molar-refractivity contribution >= 4 is 11.7 Å². The van der Waals surface area contributed by atoms with Crippen molar-refractivity contribution in [2.75, 3.05) is 37.6 Å². The van der Waals surface area contributed by atoms with Crippen LogP contribution in [0.1, 0.15) is 19.3 Å². The molecule has 2 aliphatic rings. The third kappa shape index (κ3) is 3.81. The molecule has 4 nitrogen and oxygen atoms in total. The van der Waals surface area contributed by atoms with E-state index in [1.54, 1.807) is 0 Å². The molecule has 22 heavy (non-hydrogen) atoms. The number of nitrogens with zero attached hydrogens (tertiary/aromatic N) is 2. The van der Waals surface area contributed by atoms with Gasteiger partial charge in [-0.05, 0) is 37.3 Å². The molecule has 1 atom stereocenters. The maximum Gasteiger partial charge on any atom is 0.317 e. The first-order chi connectivity index (χ1) is 10.8. The molecular weight excluding hydrogens is 274 g/mol. The molecule has 0 aromatic heterocycles. The number of para-hydroxylation sites is 1. The van der Waals surface area contributed by atoms with Gasteiger partial charge in [0.2, 0.25) is 0 Å². The molecule has 3 rings (SSSR count). The van der Waals surface area contributed by atoms with Gasteiger partial charge >= 0.3 is 6.03 Å². The zero-order chi connectivity index (χ0) is 15.2. The van der Waals surface area contributed by atoms with Crippen LogP contribution >= 0.6 is 0 Å². The number of hydrogen-bond donors (Lipinski definition) is 1. The van der Waals surface area contributed by atoms with Crippen molar-refractivity contribution in [1.82, 2.24) is 10.2 Å². The van der Waals surface area contributed by atoms with E-state index in [4.69, 9.17) is 0 Å². The third-order valence-electron chi connectivity index (χ3n) is 4.61. The van der Waals surface area contributed by atoms with Crippen LogP contribution in [0.2, 0.25) is 0 Å². The lowest BCUT2D eigenvalue weighted by atomic mass is 9.94. The molecule has 1 unspecified atom stereocenters. The first-order valence-electron chi connectivity index (χ1n) is 8.31. The number of allylic oxidation sites excluding steroid dienone is 2. The van der Waals surface area contributed by atoms with Crippen molar-refractivity contribution in [3.05, 3.63) is 42.5 Å². The molecule has 1 heterocycles. The molecule has 0 spiro atoms. The lowest BCUT2D eigenvalue weighted by molar-refractivity contribution is 0.192. The Hall–Kier alpha value is -1.97. The predicted octanol–water partition coefficient (Wildman–Crippen LogP) is 2.87. The van der Waals surface area contributed by atoms with Crippen LogP contribution in [0.5, 0.6) is 0 Å². The highest BCUT2D eigenvalue weighted by atomic mass is 16.2. The van der Waals surface area contributed by atoms with Gasteiger partial charge in [-0.2, -0.15) is 0 Å². The smallest absolute Gasteiger partial charge is 0.317 e. The molecule has 1 N–H and O–H groups in total. The summed E-state index contributed by atoms with van der Waals surface area (Å²) in [6.07, 6.45) is 7.91. The number of nitrogens with one attached hydrogen (secondary N) is 1. The van der Waals surface area contributed by atoms with Gasteiger partial charge in [-0.15, -0.1) is 0 Å². The molecule has 1 aliphatic heterocycles. The van der Waals surface area contributed by atoms with E-state index in [0.29, 0.717) is 5.92 Å². The number of rotatable bonds is 3. The SMILES string of the molecule is O=C(NCC1CC=CCC1)N1CCN(c2ccccc2)CC1. The average molecular weight is 299 g/mol. The predicted molar refractivity (Wildman–Crippen MR) is 90.1 cm³/mol. The van der Waals surface area contributed by atoms with Crippen molar-refractivity contribution in [2.45, 2.75) is 19.3 Å². The Bertz CT molecular complexity index is 506. The zero-order valence-electron chi connectivity index (χ0n) is 13.1. The van der Waals surface area contributed by atoms with E-state index in [1.165, 1.54) is 12.1 Å². The normalized spacial score (nSPS) is 21.7. The molecule has 1 aromatic rings. The monoisotopic (exact) mass is 299 g/mol. The van der Waals surface area contributed by atoms with E-state index in [-0.39, 0.29) is 6.03 Å². The minimum absolute atomic E-state index is 0.0993. The first kappa shape index (κ1) is 14.9. The molecular formula is C18H25N3O. The van der Waals surface area contributed by atoms with Gasteiger partial charge in [0.15, 0.2) is 0 Å². The van der Waals surface area contributed by atoms with Gasteiger partial charge in [0.05, 0.1) is 0 Å². The fourth-order valence-electron chi connectivity index (χ4n) is 3.19. The van der Waals surface area contributed by atoms with Crippen LogP contribution in [-0.4, -0.2) is 43.7 Å². The van der Waals surface area contributed by atoms with Gasteiger partial charge in [-0.1, -0.05) is 30.4 Å². The van der Waals surface area contributed by atoms with Crippen molar-refractivity contribution in [1.29, 1.82) is 0 Å². The van der Waals surface area contributed by atoms with E-state index >= 15 is 0 Å². The number of carbonyl (C=O) groups excluding carboxylic acids is 1. The summed E-state index contributed by atoms with van der Waals surface area (Å²) in [6.45, 7) is 4.21. The quantitative estimate of drug-likeness (QED) is 0.871. The summed E-state index contributed by atoms with van der Waals surface area (Å²) < 4.78 is 0. The standard InChI is InChI=1S/C18H25N3O/c22-18(19-15-16-7-3-1-4-8-16)21-13-11-20(12-14-21)17-9-5-2-6-10-17/h1-3,5-6,9-10,16H,4,7-8,11-15H2,(H,19,22). The van der Waals surface area contributed by atoms with E-state index in [1.807, 2.05) is 11.0 Å². The van der Waals surface area contributed by atoms with Crippen LogP contribution in [0.4, 0.5) is 10.5 Å². The molecule has 1 fully saturated rings. The number of anilines is 1. The van der Waals surface area contributed by atoms with Crippen LogP contribution in [0.15, 0.2) is 42.5 Å². The second kappa shape index (κ2) is 7.34. The largest absolute Gasteiger partial charge is 0.368 e. The summed E-state index contributed by atoms with van der Waals surface area (Å²) in [5.74, 6) is 0.611. The molecule has 0 saturated carbocycles. The van der Waals surface area contributed by atoms with E-state index in [2.05, 4.69) is 46.6 Å². The van der Waals surface area contributed by atoms with Crippen molar-refractivity contribution < 1.29 is 4.79 Å².